The third kappa shape index (κ3) is 3.71. The molecule has 2 amide bonds. The highest BCUT2D eigenvalue weighted by molar-refractivity contribution is 6.35. The number of likely N-dealkylation sites (N-methyl/N-ethyl adjacent to an activating group) is 1. The summed E-state index contributed by atoms with van der Waals surface area (Å²) in [6.07, 6.45) is 0. The highest BCUT2D eigenvalue weighted by Crippen LogP contribution is 2.36. The smallest absolute Gasteiger partial charge is 0.277 e. The van der Waals surface area contributed by atoms with Crippen LogP contribution in [0.4, 0.5) is 5.69 Å². The van der Waals surface area contributed by atoms with Crippen molar-refractivity contribution < 1.29 is 19.1 Å². The van der Waals surface area contributed by atoms with Gasteiger partial charge in [-0.2, -0.15) is 0 Å². The van der Waals surface area contributed by atoms with Crippen LogP contribution in [0.15, 0.2) is 48.2 Å². The maximum Gasteiger partial charge on any atom is 0.277 e. The van der Waals surface area contributed by atoms with Crippen molar-refractivity contribution in [2.75, 3.05) is 52.3 Å². The number of benzene rings is 2. The van der Waals surface area contributed by atoms with Crippen LogP contribution in [0.5, 0.6) is 11.5 Å². The minimum Gasteiger partial charge on any atom is -0.493 e. The standard InChI is InChI=1S/C24H27N3O4/c1-16-6-5-7-18(14-16)26-10-12-27(13-11-26)22-21(23(28)25(2)24(22)29)17-8-9-19(30-3)20(15-17)31-4/h5-9,14-15H,10-13H2,1-4H3. The van der Waals surface area contributed by atoms with E-state index in [9.17, 15) is 9.59 Å². The number of carbonyl (C=O) groups is 2. The molecule has 0 aliphatic carbocycles. The Balaban J connectivity index is 1.65. The van der Waals surface area contributed by atoms with Gasteiger partial charge in [0.05, 0.1) is 19.8 Å². The molecule has 0 unspecified atom stereocenters. The summed E-state index contributed by atoms with van der Waals surface area (Å²) in [7, 11) is 4.64. The summed E-state index contributed by atoms with van der Waals surface area (Å²) in [5, 5.41) is 0. The van der Waals surface area contributed by atoms with Crippen LogP contribution in [0.2, 0.25) is 0 Å². The molecule has 2 aliphatic rings. The van der Waals surface area contributed by atoms with E-state index in [1.807, 2.05) is 4.90 Å². The third-order valence-electron chi connectivity index (χ3n) is 5.90. The highest BCUT2D eigenvalue weighted by atomic mass is 16.5. The molecule has 0 N–H and O–H groups in total. The summed E-state index contributed by atoms with van der Waals surface area (Å²) < 4.78 is 10.7. The van der Waals surface area contributed by atoms with Crippen molar-refractivity contribution in [1.82, 2.24) is 9.80 Å². The minimum absolute atomic E-state index is 0.265. The molecule has 1 saturated heterocycles. The van der Waals surface area contributed by atoms with Gasteiger partial charge >= 0.3 is 0 Å². The molecule has 0 bridgehead atoms. The van der Waals surface area contributed by atoms with E-state index < -0.39 is 0 Å². The number of ether oxygens (including phenoxy) is 2. The van der Waals surface area contributed by atoms with Crippen molar-refractivity contribution in [3.05, 3.63) is 59.3 Å². The number of hydrogen-bond acceptors (Lipinski definition) is 6. The number of hydrogen-bond donors (Lipinski definition) is 0. The van der Waals surface area contributed by atoms with Crippen molar-refractivity contribution in [2.45, 2.75) is 6.92 Å². The molecule has 2 aliphatic heterocycles. The number of carbonyl (C=O) groups excluding carboxylic acids is 2. The number of aryl methyl sites for hydroxylation is 1. The molecule has 2 heterocycles. The normalized spacial score (nSPS) is 17.0. The first kappa shape index (κ1) is 20.8. The Morgan fingerprint density at radius 2 is 1.48 bits per heavy atom. The van der Waals surface area contributed by atoms with Crippen molar-refractivity contribution in [3.8, 4) is 11.5 Å². The van der Waals surface area contributed by atoms with Crippen LogP contribution in [0.3, 0.4) is 0 Å². The van der Waals surface area contributed by atoms with Gasteiger partial charge in [-0.1, -0.05) is 18.2 Å². The van der Waals surface area contributed by atoms with E-state index >= 15 is 0 Å². The Morgan fingerprint density at radius 1 is 0.806 bits per heavy atom. The predicted molar refractivity (Wildman–Crippen MR) is 119 cm³/mol. The van der Waals surface area contributed by atoms with Crippen LogP contribution in [-0.4, -0.2) is 69.1 Å². The van der Waals surface area contributed by atoms with Gasteiger partial charge in [-0.25, -0.2) is 0 Å². The lowest BCUT2D eigenvalue weighted by Crippen LogP contribution is -2.47. The van der Waals surface area contributed by atoms with Gasteiger partial charge in [0, 0.05) is 38.9 Å². The molecule has 2 aromatic carbocycles. The van der Waals surface area contributed by atoms with Gasteiger partial charge in [-0.05, 0) is 42.3 Å². The van der Waals surface area contributed by atoms with E-state index in [1.54, 1.807) is 32.4 Å². The van der Waals surface area contributed by atoms with Gasteiger partial charge in [0.1, 0.15) is 5.70 Å². The second-order valence-corrected chi connectivity index (χ2v) is 7.78. The van der Waals surface area contributed by atoms with Crippen LogP contribution in [0, 0.1) is 6.92 Å². The Kier molecular flexibility index (Phi) is 5.59. The molecule has 0 spiro atoms. The molecule has 4 rings (SSSR count). The number of imide groups is 1. The summed E-state index contributed by atoms with van der Waals surface area (Å²) in [5.41, 5.74) is 3.92. The SMILES string of the molecule is COc1ccc(C2=C(N3CCN(c4cccc(C)c4)CC3)C(=O)N(C)C2=O)cc1OC. The van der Waals surface area contributed by atoms with Crippen molar-refractivity contribution in [2.24, 2.45) is 0 Å². The molecule has 0 radical (unpaired) electrons. The zero-order valence-corrected chi connectivity index (χ0v) is 18.3. The van der Waals surface area contributed by atoms with Crippen LogP contribution in [0.25, 0.3) is 5.57 Å². The number of amides is 2. The molecule has 0 atom stereocenters. The largest absolute Gasteiger partial charge is 0.493 e. The summed E-state index contributed by atoms with van der Waals surface area (Å²) in [6, 6.07) is 13.7. The summed E-state index contributed by atoms with van der Waals surface area (Å²) in [4.78, 5) is 31.5. The molecule has 31 heavy (non-hydrogen) atoms. The topological polar surface area (TPSA) is 62.3 Å². The molecule has 7 heteroatoms. The number of rotatable bonds is 5. The van der Waals surface area contributed by atoms with Crippen LogP contribution in [-0.2, 0) is 9.59 Å². The van der Waals surface area contributed by atoms with Crippen LogP contribution in [0.1, 0.15) is 11.1 Å². The second-order valence-electron chi connectivity index (χ2n) is 7.78. The first-order chi connectivity index (χ1) is 14.9. The molecule has 162 valence electrons. The van der Waals surface area contributed by atoms with E-state index in [-0.39, 0.29) is 11.8 Å². The van der Waals surface area contributed by atoms with E-state index in [4.69, 9.17) is 9.47 Å². The summed E-state index contributed by atoms with van der Waals surface area (Å²) in [5.74, 6) is 0.531. The molecule has 7 nitrogen and oxygen atoms in total. The predicted octanol–water partition coefficient (Wildman–Crippen LogP) is 2.54. The third-order valence-corrected chi connectivity index (χ3v) is 5.90. The zero-order valence-electron chi connectivity index (χ0n) is 18.3. The van der Waals surface area contributed by atoms with Gasteiger partial charge in [-0.15, -0.1) is 0 Å². The van der Waals surface area contributed by atoms with Crippen LogP contribution < -0.4 is 14.4 Å². The Labute approximate surface area is 182 Å². The first-order valence-corrected chi connectivity index (χ1v) is 10.3. The Morgan fingerprint density at radius 3 is 2.13 bits per heavy atom. The average molecular weight is 421 g/mol. The van der Waals surface area contributed by atoms with E-state index in [0.717, 1.165) is 13.1 Å². The van der Waals surface area contributed by atoms with Gasteiger partial charge in [0.25, 0.3) is 11.8 Å². The number of nitrogens with zero attached hydrogens (tertiary/aromatic N) is 3. The van der Waals surface area contributed by atoms with Gasteiger partial charge in [0.2, 0.25) is 0 Å². The van der Waals surface area contributed by atoms with Crippen molar-refractivity contribution in [1.29, 1.82) is 0 Å². The highest BCUT2D eigenvalue weighted by Gasteiger charge is 2.40. The number of piperazine rings is 1. The van der Waals surface area contributed by atoms with Gasteiger partial charge in [-0.3, -0.25) is 14.5 Å². The van der Waals surface area contributed by atoms with E-state index in [2.05, 4.69) is 36.1 Å². The minimum atomic E-state index is -0.298. The van der Waals surface area contributed by atoms with Gasteiger partial charge in [0.15, 0.2) is 11.5 Å². The molecule has 0 aromatic heterocycles. The quantitative estimate of drug-likeness (QED) is 0.692. The first-order valence-electron chi connectivity index (χ1n) is 10.3. The molecular formula is C24H27N3O4. The molecular weight excluding hydrogens is 394 g/mol. The fourth-order valence-corrected chi connectivity index (χ4v) is 4.19. The zero-order chi connectivity index (χ0) is 22.1. The molecule has 0 saturated carbocycles. The fourth-order valence-electron chi connectivity index (χ4n) is 4.19. The maximum absolute atomic E-state index is 13.0. The lowest BCUT2D eigenvalue weighted by molar-refractivity contribution is -0.135. The van der Waals surface area contributed by atoms with E-state index in [0.29, 0.717) is 41.4 Å². The maximum atomic E-state index is 13.0. The van der Waals surface area contributed by atoms with E-state index in [1.165, 1.54) is 23.2 Å². The van der Waals surface area contributed by atoms with Crippen molar-refractivity contribution >= 4 is 23.1 Å². The van der Waals surface area contributed by atoms with Crippen LogP contribution >= 0.6 is 0 Å². The monoisotopic (exact) mass is 421 g/mol. The summed E-state index contributed by atoms with van der Waals surface area (Å²) in [6.45, 7) is 4.95. The molecule has 2 aromatic rings. The Hall–Kier alpha value is -3.48. The average Bonchev–Trinajstić information content (AvgIpc) is 3.02. The summed E-state index contributed by atoms with van der Waals surface area (Å²) >= 11 is 0. The van der Waals surface area contributed by atoms with Gasteiger partial charge < -0.3 is 19.3 Å². The fraction of sp³-hybridized carbons (Fsp3) is 0.333. The molecule has 1 fully saturated rings. The lowest BCUT2D eigenvalue weighted by Gasteiger charge is -2.37. The number of anilines is 1. The second kappa shape index (κ2) is 8.34. The number of methoxy groups -OCH3 is 2. The Bertz CT molecular complexity index is 1050. The lowest BCUT2D eigenvalue weighted by atomic mass is 10.0. The van der Waals surface area contributed by atoms with Crippen molar-refractivity contribution in [3.63, 3.8) is 0 Å².